The van der Waals surface area contributed by atoms with Crippen LogP contribution >= 0.6 is 0 Å². The van der Waals surface area contributed by atoms with Gasteiger partial charge in [0.05, 0.1) is 24.6 Å². The van der Waals surface area contributed by atoms with E-state index in [9.17, 15) is 9.59 Å². The Labute approximate surface area is 195 Å². The summed E-state index contributed by atoms with van der Waals surface area (Å²) < 4.78 is 12.3. The molecule has 2 amide bonds. The molecule has 1 atom stereocenters. The molecule has 0 fully saturated rings. The van der Waals surface area contributed by atoms with Crippen LogP contribution in [0.15, 0.2) is 60.8 Å². The maximum Gasteiger partial charge on any atom is 0.279 e. The van der Waals surface area contributed by atoms with Crippen molar-refractivity contribution in [3.8, 4) is 17.4 Å². The van der Waals surface area contributed by atoms with E-state index >= 15 is 0 Å². The number of benzene rings is 2. The molecule has 1 unspecified atom stereocenters. The summed E-state index contributed by atoms with van der Waals surface area (Å²) in [6.45, 7) is 3.49. The van der Waals surface area contributed by atoms with Gasteiger partial charge in [0.15, 0.2) is 11.9 Å². The molecular weight excluding hydrogens is 436 g/mol. The molecule has 0 radical (unpaired) electrons. The number of rotatable bonds is 7. The minimum absolute atomic E-state index is 0.309. The summed E-state index contributed by atoms with van der Waals surface area (Å²) in [4.78, 5) is 25.2. The zero-order chi connectivity index (χ0) is 24.1. The zero-order valence-corrected chi connectivity index (χ0v) is 19.0. The molecule has 2 heterocycles. The van der Waals surface area contributed by atoms with E-state index in [2.05, 4.69) is 26.1 Å². The maximum absolute atomic E-state index is 12.7. The molecule has 0 saturated carbocycles. The van der Waals surface area contributed by atoms with E-state index in [1.54, 1.807) is 25.1 Å². The second-order valence-electron chi connectivity index (χ2n) is 7.42. The van der Waals surface area contributed by atoms with Gasteiger partial charge in [-0.2, -0.15) is 5.10 Å². The van der Waals surface area contributed by atoms with Crippen LogP contribution in [0.3, 0.4) is 0 Å². The maximum atomic E-state index is 12.7. The fraction of sp³-hybridized carbons (Fsp3) is 0.208. The van der Waals surface area contributed by atoms with Crippen LogP contribution in [0.4, 0.5) is 0 Å². The molecule has 4 aromatic rings. The molecule has 0 spiro atoms. The van der Waals surface area contributed by atoms with Crippen molar-refractivity contribution in [2.75, 3.05) is 7.11 Å². The molecule has 10 heteroatoms. The second-order valence-corrected chi connectivity index (χ2v) is 7.42. The first-order valence-corrected chi connectivity index (χ1v) is 10.7. The number of amides is 2. The van der Waals surface area contributed by atoms with Gasteiger partial charge in [-0.1, -0.05) is 37.3 Å². The lowest BCUT2D eigenvalue weighted by Crippen LogP contribution is -2.47. The first-order valence-electron chi connectivity index (χ1n) is 10.7. The highest BCUT2D eigenvalue weighted by Crippen LogP contribution is 2.21. The number of fused-ring (bicyclic) bond motifs is 1. The molecule has 2 N–H and O–H groups in total. The third-order valence-electron chi connectivity index (χ3n) is 5.20. The highest BCUT2D eigenvalue weighted by atomic mass is 16.5. The third kappa shape index (κ3) is 4.80. The minimum atomic E-state index is -0.829. The van der Waals surface area contributed by atoms with Crippen LogP contribution in [0.1, 0.15) is 29.9 Å². The van der Waals surface area contributed by atoms with E-state index in [-0.39, 0.29) is 0 Å². The van der Waals surface area contributed by atoms with E-state index in [4.69, 9.17) is 9.47 Å². The molecule has 0 bridgehead atoms. The van der Waals surface area contributed by atoms with E-state index < -0.39 is 17.9 Å². The van der Waals surface area contributed by atoms with Gasteiger partial charge < -0.3 is 9.47 Å². The van der Waals surface area contributed by atoms with E-state index in [0.717, 1.165) is 10.8 Å². The van der Waals surface area contributed by atoms with Gasteiger partial charge in [-0.05, 0) is 42.3 Å². The fourth-order valence-corrected chi connectivity index (χ4v) is 3.42. The van der Waals surface area contributed by atoms with Crippen molar-refractivity contribution in [2.24, 2.45) is 0 Å². The number of carbonyl (C=O) groups is 2. The van der Waals surface area contributed by atoms with Crippen molar-refractivity contribution >= 4 is 22.6 Å². The van der Waals surface area contributed by atoms with Crippen LogP contribution in [0.2, 0.25) is 0 Å². The largest absolute Gasteiger partial charge is 0.481 e. The van der Waals surface area contributed by atoms with Gasteiger partial charge in [0, 0.05) is 6.07 Å². The van der Waals surface area contributed by atoms with Crippen LogP contribution in [0, 0.1) is 0 Å². The zero-order valence-electron chi connectivity index (χ0n) is 19.0. The summed E-state index contributed by atoms with van der Waals surface area (Å²) in [7, 11) is 1.50. The number of carbonyl (C=O) groups excluding carboxylic acids is 2. The normalized spacial score (nSPS) is 11.6. The topological polar surface area (TPSA) is 120 Å². The Morgan fingerprint density at radius 1 is 1.03 bits per heavy atom. The smallest absolute Gasteiger partial charge is 0.279 e. The third-order valence-corrected chi connectivity index (χ3v) is 5.20. The molecular formula is C24H24N6O4. The van der Waals surface area contributed by atoms with Crippen LogP contribution in [-0.2, 0) is 11.2 Å². The molecule has 174 valence electrons. The Kier molecular flexibility index (Phi) is 6.67. The lowest BCUT2D eigenvalue weighted by atomic mass is 10.1. The van der Waals surface area contributed by atoms with Gasteiger partial charge >= 0.3 is 0 Å². The molecule has 0 aliphatic carbocycles. The van der Waals surface area contributed by atoms with Crippen molar-refractivity contribution < 1.29 is 19.1 Å². The lowest BCUT2D eigenvalue weighted by Gasteiger charge is -2.15. The Bertz CT molecular complexity index is 1320. The fourth-order valence-electron chi connectivity index (χ4n) is 3.42. The van der Waals surface area contributed by atoms with Crippen LogP contribution in [0.5, 0.6) is 11.6 Å². The van der Waals surface area contributed by atoms with E-state index in [1.165, 1.54) is 18.0 Å². The van der Waals surface area contributed by atoms with Gasteiger partial charge in [0.1, 0.15) is 5.75 Å². The summed E-state index contributed by atoms with van der Waals surface area (Å²) in [5.41, 5.74) is 5.76. The predicted octanol–water partition coefficient (Wildman–Crippen LogP) is 2.62. The molecule has 0 aliphatic heterocycles. The number of hydrazine groups is 1. The molecule has 4 rings (SSSR count). The second kappa shape index (κ2) is 9.99. The Morgan fingerprint density at radius 2 is 1.82 bits per heavy atom. The van der Waals surface area contributed by atoms with Gasteiger partial charge in [-0.15, -0.1) is 10.2 Å². The average Bonchev–Trinajstić information content (AvgIpc) is 3.31. The summed E-state index contributed by atoms with van der Waals surface area (Å²) in [5, 5.41) is 14.3. The van der Waals surface area contributed by atoms with Gasteiger partial charge in [0.2, 0.25) is 5.88 Å². The Morgan fingerprint density at radius 3 is 2.53 bits per heavy atom. The average molecular weight is 460 g/mol. The Balaban J connectivity index is 1.39. The summed E-state index contributed by atoms with van der Waals surface area (Å²) >= 11 is 0. The number of nitrogens with zero attached hydrogens (tertiary/aromatic N) is 4. The summed E-state index contributed by atoms with van der Waals surface area (Å²) in [6, 6.07) is 16.8. The van der Waals surface area contributed by atoms with Crippen molar-refractivity contribution in [2.45, 2.75) is 26.4 Å². The van der Waals surface area contributed by atoms with Crippen LogP contribution in [-0.4, -0.2) is 45.0 Å². The molecule has 2 aromatic heterocycles. The highest BCUT2D eigenvalue weighted by molar-refractivity contribution is 5.96. The van der Waals surface area contributed by atoms with Gasteiger partial charge in [-0.3, -0.25) is 20.4 Å². The first kappa shape index (κ1) is 22.7. The van der Waals surface area contributed by atoms with Crippen LogP contribution < -0.4 is 20.3 Å². The van der Waals surface area contributed by atoms with Crippen molar-refractivity contribution in [3.05, 3.63) is 72.1 Å². The number of hydrogen-bond acceptors (Lipinski definition) is 7. The van der Waals surface area contributed by atoms with Crippen LogP contribution in [0.25, 0.3) is 16.6 Å². The molecule has 10 nitrogen and oxygen atoms in total. The van der Waals surface area contributed by atoms with Gasteiger partial charge in [-0.25, -0.2) is 4.68 Å². The number of hydrogen-bond donors (Lipinski definition) is 2. The SMILES string of the molecule is CCc1c(C(=O)NNC(=O)C(C)Oc2ccc3ccccc3c2)cnn1-c1ccc(OC)nn1. The number of methoxy groups -OCH3 is 1. The summed E-state index contributed by atoms with van der Waals surface area (Å²) in [6.07, 6.45) is 1.09. The monoisotopic (exact) mass is 460 g/mol. The van der Waals surface area contributed by atoms with Crippen molar-refractivity contribution in [3.63, 3.8) is 0 Å². The predicted molar refractivity (Wildman–Crippen MR) is 125 cm³/mol. The van der Waals surface area contributed by atoms with Gasteiger partial charge in [0.25, 0.3) is 11.8 Å². The van der Waals surface area contributed by atoms with E-state index in [0.29, 0.717) is 35.1 Å². The summed E-state index contributed by atoms with van der Waals surface area (Å²) in [5.74, 6) is 0.374. The van der Waals surface area contributed by atoms with E-state index in [1.807, 2.05) is 43.3 Å². The number of nitrogens with one attached hydrogen (secondary N) is 2. The molecule has 2 aromatic carbocycles. The molecule has 34 heavy (non-hydrogen) atoms. The molecule has 0 aliphatic rings. The highest BCUT2D eigenvalue weighted by Gasteiger charge is 2.20. The number of aromatic nitrogens is 4. The van der Waals surface area contributed by atoms with Crippen molar-refractivity contribution in [1.82, 2.24) is 30.8 Å². The minimum Gasteiger partial charge on any atom is -0.481 e. The Hall–Kier alpha value is -4.47. The molecule has 0 saturated heterocycles. The first-order chi connectivity index (χ1) is 16.5. The quantitative estimate of drug-likeness (QED) is 0.407. The number of ether oxygens (including phenoxy) is 2. The van der Waals surface area contributed by atoms with Crippen molar-refractivity contribution in [1.29, 1.82) is 0 Å². The lowest BCUT2D eigenvalue weighted by molar-refractivity contribution is -0.128. The standard InChI is InChI=1S/C24H24N6O4/c1-4-20-19(14-25-30(20)21-11-12-22(33-3)27-26-21)24(32)29-28-23(31)15(2)34-18-10-9-16-7-5-6-8-17(16)13-18/h5-15H,4H2,1-3H3,(H,28,31)(H,29,32).